The van der Waals surface area contributed by atoms with Crippen molar-refractivity contribution < 1.29 is 19.1 Å². The third kappa shape index (κ3) is 5.35. The predicted molar refractivity (Wildman–Crippen MR) is 95.7 cm³/mol. The van der Waals surface area contributed by atoms with E-state index in [-0.39, 0.29) is 18.6 Å². The molecule has 0 aromatic heterocycles. The Kier molecular flexibility index (Phi) is 6.57. The van der Waals surface area contributed by atoms with E-state index < -0.39 is 5.97 Å². The van der Waals surface area contributed by atoms with Gasteiger partial charge in [-0.1, -0.05) is 31.2 Å². The molecule has 0 unspecified atom stereocenters. The highest BCUT2D eigenvalue weighted by molar-refractivity contribution is 5.89. The van der Waals surface area contributed by atoms with Crippen molar-refractivity contribution in [3.8, 4) is 5.75 Å². The fourth-order valence-corrected chi connectivity index (χ4v) is 2.36. The van der Waals surface area contributed by atoms with Crippen LogP contribution in [0.5, 0.6) is 5.75 Å². The molecule has 2 aromatic carbocycles. The molecule has 5 heteroatoms. The minimum atomic E-state index is -0.410. The van der Waals surface area contributed by atoms with E-state index in [4.69, 9.17) is 4.74 Å². The van der Waals surface area contributed by atoms with Gasteiger partial charge in [0.25, 0.3) is 5.91 Å². The second-order valence-electron chi connectivity index (χ2n) is 5.69. The zero-order valence-electron chi connectivity index (χ0n) is 14.7. The molecule has 2 rings (SSSR count). The van der Waals surface area contributed by atoms with E-state index in [1.807, 2.05) is 19.1 Å². The molecule has 0 radical (unpaired) electrons. The summed E-state index contributed by atoms with van der Waals surface area (Å²) in [6.45, 7) is 3.95. The van der Waals surface area contributed by atoms with Crippen LogP contribution in [-0.4, -0.2) is 25.6 Å². The maximum atomic E-state index is 12.0. The summed E-state index contributed by atoms with van der Waals surface area (Å²) >= 11 is 0. The van der Waals surface area contributed by atoms with Crippen molar-refractivity contribution in [1.82, 2.24) is 5.32 Å². The van der Waals surface area contributed by atoms with E-state index in [9.17, 15) is 9.59 Å². The molecule has 1 amide bonds. The number of aryl methyl sites for hydroxylation is 1. The first-order valence-corrected chi connectivity index (χ1v) is 8.23. The molecule has 1 atom stereocenters. The second kappa shape index (κ2) is 8.87. The number of amides is 1. The van der Waals surface area contributed by atoms with Gasteiger partial charge >= 0.3 is 5.97 Å². The van der Waals surface area contributed by atoms with Crippen LogP contribution < -0.4 is 10.1 Å². The van der Waals surface area contributed by atoms with Gasteiger partial charge in [0.1, 0.15) is 5.75 Å². The molecule has 2 aromatic rings. The van der Waals surface area contributed by atoms with Crippen LogP contribution in [-0.2, 0) is 16.0 Å². The molecule has 0 spiro atoms. The topological polar surface area (TPSA) is 64.6 Å². The minimum Gasteiger partial charge on any atom is -0.484 e. The third-order valence-electron chi connectivity index (χ3n) is 3.91. The summed E-state index contributed by atoms with van der Waals surface area (Å²) in [6, 6.07) is 14.5. The molecule has 5 nitrogen and oxygen atoms in total. The monoisotopic (exact) mass is 341 g/mol. The summed E-state index contributed by atoms with van der Waals surface area (Å²) < 4.78 is 10.1. The number of carbonyl (C=O) groups is 2. The van der Waals surface area contributed by atoms with Crippen molar-refractivity contribution >= 4 is 11.9 Å². The fourth-order valence-electron chi connectivity index (χ4n) is 2.36. The van der Waals surface area contributed by atoms with Crippen molar-refractivity contribution in [2.45, 2.75) is 26.3 Å². The molecule has 0 aliphatic rings. The first-order valence-electron chi connectivity index (χ1n) is 8.23. The van der Waals surface area contributed by atoms with Gasteiger partial charge in [-0.3, -0.25) is 4.79 Å². The van der Waals surface area contributed by atoms with Gasteiger partial charge in [-0.2, -0.15) is 0 Å². The molecular formula is C20H23NO4. The highest BCUT2D eigenvalue weighted by atomic mass is 16.5. The first-order chi connectivity index (χ1) is 12.0. The van der Waals surface area contributed by atoms with E-state index >= 15 is 0 Å². The molecule has 0 saturated heterocycles. The maximum Gasteiger partial charge on any atom is 0.337 e. The Morgan fingerprint density at radius 3 is 2.24 bits per heavy atom. The minimum absolute atomic E-state index is 0.0883. The zero-order valence-corrected chi connectivity index (χ0v) is 14.7. The van der Waals surface area contributed by atoms with Crippen LogP contribution in [0.4, 0.5) is 0 Å². The van der Waals surface area contributed by atoms with Gasteiger partial charge in [0, 0.05) is 0 Å². The Labute approximate surface area is 148 Å². The summed E-state index contributed by atoms with van der Waals surface area (Å²) in [4.78, 5) is 23.4. The lowest BCUT2D eigenvalue weighted by molar-refractivity contribution is -0.123. The van der Waals surface area contributed by atoms with Crippen LogP contribution in [0.15, 0.2) is 48.5 Å². The smallest absolute Gasteiger partial charge is 0.337 e. The summed E-state index contributed by atoms with van der Waals surface area (Å²) in [5.74, 6) is -0.0981. The van der Waals surface area contributed by atoms with Crippen LogP contribution in [0.25, 0.3) is 0 Å². The molecule has 132 valence electrons. The number of ether oxygens (including phenoxy) is 2. The van der Waals surface area contributed by atoms with Gasteiger partial charge in [0.15, 0.2) is 6.61 Å². The van der Waals surface area contributed by atoms with E-state index in [0.717, 1.165) is 12.0 Å². The molecule has 0 aliphatic carbocycles. The number of hydrogen-bond donors (Lipinski definition) is 1. The van der Waals surface area contributed by atoms with E-state index in [1.54, 1.807) is 24.3 Å². The van der Waals surface area contributed by atoms with Crippen molar-refractivity contribution in [1.29, 1.82) is 0 Å². The van der Waals surface area contributed by atoms with E-state index in [0.29, 0.717) is 11.3 Å². The van der Waals surface area contributed by atoms with Crippen molar-refractivity contribution in [3.63, 3.8) is 0 Å². The molecule has 1 N–H and O–H groups in total. The number of rotatable bonds is 7. The van der Waals surface area contributed by atoms with Crippen LogP contribution >= 0.6 is 0 Å². The standard InChI is InChI=1S/C20H23NO4/c1-4-15-5-7-16(8-6-15)14(2)21-19(22)13-25-18-11-9-17(10-12-18)20(23)24-3/h5-12,14H,4,13H2,1-3H3,(H,21,22)/t14-/m1/s1. The number of hydrogen-bond acceptors (Lipinski definition) is 4. The average molecular weight is 341 g/mol. The average Bonchev–Trinajstić information content (AvgIpc) is 2.66. The van der Waals surface area contributed by atoms with Crippen molar-refractivity contribution in [3.05, 3.63) is 65.2 Å². The van der Waals surface area contributed by atoms with Crippen molar-refractivity contribution in [2.75, 3.05) is 13.7 Å². The van der Waals surface area contributed by atoms with Crippen LogP contribution in [0, 0.1) is 0 Å². The molecular weight excluding hydrogens is 318 g/mol. The fraction of sp³-hybridized carbons (Fsp3) is 0.300. The third-order valence-corrected chi connectivity index (χ3v) is 3.91. The molecule has 0 saturated carbocycles. The quantitative estimate of drug-likeness (QED) is 0.785. The largest absolute Gasteiger partial charge is 0.484 e. The van der Waals surface area contributed by atoms with Crippen molar-refractivity contribution in [2.24, 2.45) is 0 Å². The highest BCUT2D eigenvalue weighted by Crippen LogP contribution is 2.15. The highest BCUT2D eigenvalue weighted by Gasteiger charge is 2.11. The number of methoxy groups -OCH3 is 1. The van der Waals surface area contributed by atoms with Crippen LogP contribution in [0.2, 0.25) is 0 Å². The predicted octanol–water partition coefficient (Wildman–Crippen LogP) is 3.29. The Morgan fingerprint density at radius 2 is 1.68 bits per heavy atom. The summed E-state index contributed by atoms with van der Waals surface area (Å²) in [7, 11) is 1.33. The van der Waals surface area contributed by atoms with Gasteiger partial charge < -0.3 is 14.8 Å². The maximum absolute atomic E-state index is 12.0. The summed E-state index contributed by atoms with van der Waals surface area (Å²) in [5, 5.41) is 2.90. The lowest BCUT2D eigenvalue weighted by atomic mass is 10.1. The lowest BCUT2D eigenvalue weighted by Gasteiger charge is -2.15. The molecule has 0 heterocycles. The molecule has 0 bridgehead atoms. The second-order valence-corrected chi connectivity index (χ2v) is 5.69. The molecule has 0 fully saturated rings. The Hall–Kier alpha value is -2.82. The normalized spacial score (nSPS) is 11.5. The van der Waals surface area contributed by atoms with Crippen LogP contribution in [0.3, 0.4) is 0 Å². The van der Waals surface area contributed by atoms with E-state index in [1.165, 1.54) is 12.7 Å². The van der Waals surface area contributed by atoms with Gasteiger partial charge in [0.05, 0.1) is 18.7 Å². The Balaban J connectivity index is 1.84. The number of esters is 1. The van der Waals surface area contributed by atoms with Crippen LogP contribution in [0.1, 0.15) is 41.4 Å². The summed E-state index contributed by atoms with van der Waals surface area (Å²) in [5.41, 5.74) is 2.75. The Morgan fingerprint density at radius 1 is 1.04 bits per heavy atom. The van der Waals surface area contributed by atoms with Gasteiger partial charge in [-0.15, -0.1) is 0 Å². The Bertz CT molecular complexity index is 707. The van der Waals surface area contributed by atoms with E-state index in [2.05, 4.69) is 29.1 Å². The first kappa shape index (κ1) is 18.5. The molecule has 0 aliphatic heterocycles. The lowest BCUT2D eigenvalue weighted by Crippen LogP contribution is -2.31. The van der Waals surface area contributed by atoms with Gasteiger partial charge in [-0.05, 0) is 48.7 Å². The van der Waals surface area contributed by atoms with Gasteiger partial charge in [0.2, 0.25) is 0 Å². The number of carbonyl (C=O) groups excluding carboxylic acids is 2. The summed E-state index contributed by atoms with van der Waals surface area (Å²) in [6.07, 6.45) is 0.990. The number of benzene rings is 2. The zero-order chi connectivity index (χ0) is 18.2. The number of nitrogens with one attached hydrogen (secondary N) is 1. The van der Waals surface area contributed by atoms with Gasteiger partial charge in [-0.25, -0.2) is 4.79 Å². The SMILES string of the molecule is CCc1ccc([C@@H](C)NC(=O)COc2ccc(C(=O)OC)cc2)cc1. The molecule has 25 heavy (non-hydrogen) atoms.